The van der Waals surface area contributed by atoms with Gasteiger partial charge in [-0.25, -0.2) is 4.39 Å². The van der Waals surface area contributed by atoms with Gasteiger partial charge in [0.25, 0.3) is 11.1 Å². The molecule has 0 aliphatic heterocycles. The van der Waals surface area contributed by atoms with Gasteiger partial charge in [0.15, 0.2) is 0 Å². The van der Waals surface area contributed by atoms with Crippen LogP contribution < -0.4 is 0 Å². The first-order valence-corrected chi connectivity index (χ1v) is 9.34. The summed E-state index contributed by atoms with van der Waals surface area (Å²) in [6, 6.07) is 14.3. The van der Waals surface area contributed by atoms with Crippen LogP contribution >= 0.6 is 11.8 Å². The van der Waals surface area contributed by atoms with E-state index in [9.17, 15) is 4.39 Å². The van der Waals surface area contributed by atoms with Crippen LogP contribution in [-0.4, -0.2) is 20.3 Å². The second kappa shape index (κ2) is 7.71. The van der Waals surface area contributed by atoms with Crippen LogP contribution in [0.15, 0.2) is 62.7 Å². The van der Waals surface area contributed by atoms with Gasteiger partial charge in [-0.15, -0.1) is 10.2 Å². The number of hydrogen-bond acceptors (Lipinski definition) is 7. The average molecular weight is 382 g/mol. The van der Waals surface area contributed by atoms with Gasteiger partial charge in [0.05, 0.1) is 11.3 Å². The summed E-state index contributed by atoms with van der Waals surface area (Å²) in [6.45, 7) is 2.10. The lowest BCUT2D eigenvalue weighted by Gasteiger charge is -1.97. The number of thioether (sulfide) groups is 1. The largest absolute Gasteiger partial charge is 0.411 e. The minimum absolute atomic E-state index is 0.137. The standard InChI is InChI=1S/C19H15FN4O2S/c1-2-12-7-9-13(10-8-12)17-21-16(26-24-17)11-27-19-23-22-18(25-19)14-5-3-4-6-15(14)20/h3-10H,2,11H2,1H3. The van der Waals surface area contributed by atoms with Gasteiger partial charge in [-0.1, -0.05) is 60.2 Å². The van der Waals surface area contributed by atoms with Crippen LogP contribution in [0.3, 0.4) is 0 Å². The van der Waals surface area contributed by atoms with Gasteiger partial charge in [-0.2, -0.15) is 4.98 Å². The van der Waals surface area contributed by atoms with Crippen LogP contribution in [0.1, 0.15) is 18.4 Å². The van der Waals surface area contributed by atoms with E-state index in [0.29, 0.717) is 22.7 Å². The molecule has 0 aliphatic carbocycles. The lowest BCUT2D eigenvalue weighted by atomic mass is 10.1. The number of benzene rings is 2. The molecule has 6 nitrogen and oxygen atoms in total. The third-order valence-electron chi connectivity index (χ3n) is 3.92. The molecule has 0 spiro atoms. The third kappa shape index (κ3) is 3.90. The first kappa shape index (κ1) is 17.4. The van der Waals surface area contributed by atoms with Gasteiger partial charge in [0, 0.05) is 5.56 Å². The van der Waals surface area contributed by atoms with Crippen molar-refractivity contribution in [3.63, 3.8) is 0 Å². The van der Waals surface area contributed by atoms with E-state index in [1.54, 1.807) is 18.2 Å². The highest BCUT2D eigenvalue weighted by Gasteiger charge is 2.15. The lowest BCUT2D eigenvalue weighted by Crippen LogP contribution is -1.84. The quantitative estimate of drug-likeness (QED) is 0.444. The van der Waals surface area contributed by atoms with Gasteiger partial charge in [0.1, 0.15) is 5.82 Å². The van der Waals surface area contributed by atoms with E-state index in [0.717, 1.165) is 12.0 Å². The Kier molecular flexibility index (Phi) is 4.97. The highest BCUT2D eigenvalue weighted by atomic mass is 32.2. The second-order valence-electron chi connectivity index (χ2n) is 5.70. The number of aryl methyl sites for hydroxylation is 1. The molecule has 4 aromatic rings. The number of halogens is 1. The fourth-order valence-electron chi connectivity index (χ4n) is 2.46. The summed E-state index contributed by atoms with van der Waals surface area (Å²) in [5, 5.41) is 12.1. The minimum Gasteiger partial charge on any atom is -0.411 e. The molecule has 0 unspecified atom stereocenters. The van der Waals surface area contributed by atoms with Crippen molar-refractivity contribution in [2.45, 2.75) is 24.3 Å². The van der Waals surface area contributed by atoms with Gasteiger partial charge < -0.3 is 8.94 Å². The van der Waals surface area contributed by atoms with E-state index in [4.69, 9.17) is 8.94 Å². The second-order valence-corrected chi connectivity index (χ2v) is 6.63. The Bertz CT molecular complexity index is 1050. The molecule has 0 amide bonds. The van der Waals surface area contributed by atoms with Crippen LogP contribution in [0.5, 0.6) is 0 Å². The van der Waals surface area contributed by atoms with Crippen LogP contribution in [0.25, 0.3) is 22.8 Å². The highest BCUT2D eigenvalue weighted by molar-refractivity contribution is 7.98. The molecule has 136 valence electrons. The summed E-state index contributed by atoms with van der Waals surface area (Å²) in [7, 11) is 0. The summed E-state index contributed by atoms with van der Waals surface area (Å²) in [5.41, 5.74) is 2.42. The maximum Gasteiger partial charge on any atom is 0.277 e. The number of hydrogen-bond donors (Lipinski definition) is 0. The molecule has 0 saturated carbocycles. The SMILES string of the molecule is CCc1ccc(-c2noc(CSc3nnc(-c4ccccc4F)o3)n2)cc1. The van der Waals surface area contributed by atoms with Crippen molar-refractivity contribution < 1.29 is 13.3 Å². The Morgan fingerprint density at radius 3 is 2.63 bits per heavy atom. The zero-order valence-corrected chi connectivity index (χ0v) is 15.2. The molecule has 4 rings (SSSR count). The topological polar surface area (TPSA) is 77.8 Å². The number of rotatable bonds is 6. The van der Waals surface area contributed by atoms with E-state index in [-0.39, 0.29) is 11.5 Å². The van der Waals surface area contributed by atoms with Crippen molar-refractivity contribution >= 4 is 11.8 Å². The van der Waals surface area contributed by atoms with E-state index in [2.05, 4.69) is 27.3 Å². The Morgan fingerprint density at radius 1 is 1.04 bits per heavy atom. The molecule has 0 bridgehead atoms. The van der Waals surface area contributed by atoms with Crippen molar-refractivity contribution in [3.8, 4) is 22.8 Å². The predicted molar refractivity (Wildman–Crippen MR) is 98.4 cm³/mol. The lowest BCUT2D eigenvalue weighted by molar-refractivity contribution is 0.391. The monoisotopic (exact) mass is 382 g/mol. The van der Waals surface area contributed by atoms with Crippen molar-refractivity contribution in [2.24, 2.45) is 0 Å². The maximum atomic E-state index is 13.8. The molecule has 0 saturated heterocycles. The van der Waals surface area contributed by atoms with E-state index < -0.39 is 5.82 Å². The molecular formula is C19H15FN4O2S. The van der Waals surface area contributed by atoms with Crippen molar-refractivity contribution in [3.05, 3.63) is 65.8 Å². The molecule has 0 fully saturated rings. The van der Waals surface area contributed by atoms with Gasteiger partial charge in [-0.3, -0.25) is 0 Å². The molecule has 2 heterocycles. The summed E-state index contributed by atoms with van der Waals surface area (Å²) < 4.78 is 24.6. The number of nitrogens with zero attached hydrogens (tertiary/aromatic N) is 4. The molecular weight excluding hydrogens is 367 g/mol. The molecule has 2 aromatic carbocycles. The summed E-state index contributed by atoms with van der Waals surface area (Å²) in [5.74, 6) is 1.08. The summed E-state index contributed by atoms with van der Waals surface area (Å²) in [6.07, 6.45) is 0.980. The Hall–Kier alpha value is -3.00. The first-order valence-electron chi connectivity index (χ1n) is 8.36. The Labute approximate surface area is 158 Å². The van der Waals surface area contributed by atoms with Crippen molar-refractivity contribution in [2.75, 3.05) is 0 Å². The highest BCUT2D eigenvalue weighted by Crippen LogP contribution is 2.27. The summed E-state index contributed by atoms with van der Waals surface area (Å²) in [4.78, 5) is 4.38. The molecule has 0 radical (unpaired) electrons. The van der Waals surface area contributed by atoms with Gasteiger partial charge in [-0.05, 0) is 24.1 Å². The summed E-state index contributed by atoms with van der Waals surface area (Å²) >= 11 is 1.25. The van der Waals surface area contributed by atoms with E-state index in [1.165, 1.54) is 23.4 Å². The van der Waals surface area contributed by atoms with Crippen LogP contribution in [0, 0.1) is 5.82 Å². The zero-order valence-electron chi connectivity index (χ0n) is 14.4. The molecule has 0 aliphatic rings. The van der Waals surface area contributed by atoms with Crippen LogP contribution in [-0.2, 0) is 12.2 Å². The maximum absolute atomic E-state index is 13.8. The normalized spacial score (nSPS) is 11.0. The molecule has 0 atom stereocenters. The average Bonchev–Trinajstić information content (AvgIpc) is 3.36. The van der Waals surface area contributed by atoms with Crippen molar-refractivity contribution in [1.29, 1.82) is 0 Å². The van der Waals surface area contributed by atoms with Crippen LogP contribution in [0.2, 0.25) is 0 Å². The van der Waals surface area contributed by atoms with Gasteiger partial charge >= 0.3 is 0 Å². The number of aromatic nitrogens is 4. The molecule has 27 heavy (non-hydrogen) atoms. The Morgan fingerprint density at radius 2 is 1.85 bits per heavy atom. The van der Waals surface area contributed by atoms with E-state index >= 15 is 0 Å². The minimum atomic E-state index is -0.409. The first-order chi connectivity index (χ1) is 13.2. The Balaban J connectivity index is 1.42. The zero-order chi connectivity index (χ0) is 18.6. The van der Waals surface area contributed by atoms with E-state index in [1.807, 2.05) is 24.3 Å². The van der Waals surface area contributed by atoms with Crippen molar-refractivity contribution in [1.82, 2.24) is 20.3 Å². The predicted octanol–water partition coefficient (Wildman–Crippen LogP) is 4.78. The molecule has 0 N–H and O–H groups in total. The smallest absolute Gasteiger partial charge is 0.277 e. The molecule has 2 aromatic heterocycles. The molecule has 8 heteroatoms. The van der Waals surface area contributed by atoms with Gasteiger partial charge in [0.2, 0.25) is 11.7 Å². The van der Waals surface area contributed by atoms with Crippen LogP contribution in [0.4, 0.5) is 4.39 Å². The third-order valence-corrected chi connectivity index (χ3v) is 4.72. The fraction of sp³-hybridized carbons (Fsp3) is 0.158. The fourth-order valence-corrected chi connectivity index (χ4v) is 3.06.